The molecule has 0 fully saturated rings. The molecule has 0 bridgehead atoms. The van der Waals surface area contributed by atoms with Gasteiger partial charge in [-0.3, -0.25) is 9.78 Å². The van der Waals surface area contributed by atoms with Crippen LogP contribution in [0.2, 0.25) is 0 Å². The molecular weight excluding hydrogens is 260 g/mol. The molecule has 3 rings (SSSR count). The average molecular weight is 278 g/mol. The molecule has 0 N–H and O–H groups in total. The first-order valence-corrected chi connectivity index (χ1v) is 7.26. The van der Waals surface area contributed by atoms with Crippen molar-refractivity contribution < 1.29 is 4.79 Å². The van der Waals surface area contributed by atoms with Crippen LogP contribution in [0.3, 0.4) is 0 Å². The van der Waals surface area contributed by atoms with E-state index in [2.05, 4.69) is 18.0 Å². The van der Waals surface area contributed by atoms with Crippen LogP contribution < -0.4 is 0 Å². The number of fused-ring (bicyclic) bond motifs is 1. The molecule has 0 aliphatic heterocycles. The number of ketones is 1. The highest BCUT2D eigenvalue weighted by Crippen LogP contribution is 2.25. The Labute approximate surface area is 124 Å². The largest absolute Gasteiger partial charge is 0.323 e. The van der Waals surface area contributed by atoms with E-state index in [0.29, 0.717) is 6.42 Å². The lowest BCUT2D eigenvalue weighted by Gasteiger charge is -2.04. The van der Waals surface area contributed by atoms with Crippen LogP contribution in [0.15, 0.2) is 48.9 Å². The Hall–Kier alpha value is -2.42. The zero-order chi connectivity index (χ0) is 14.8. The minimum atomic E-state index is 0.198. The van der Waals surface area contributed by atoms with Crippen LogP contribution in [0.4, 0.5) is 0 Å². The summed E-state index contributed by atoms with van der Waals surface area (Å²) in [6, 6.07) is 9.95. The highest BCUT2D eigenvalue weighted by Gasteiger charge is 2.10. The number of pyridine rings is 2. The third-order valence-electron chi connectivity index (χ3n) is 3.65. The van der Waals surface area contributed by atoms with Gasteiger partial charge in [-0.1, -0.05) is 6.92 Å². The normalized spacial score (nSPS) is 11.0. The summed E-state index contributed by atoms with van der Waals surface area (Å²) in [4.78, 5) is 16.5. The second-order valence-electron chi connectivity index (χ2n) is 5.33. The molecule has 0 spiro atoms. The smallest absolute Gasteiger partial charge is 0.162 e. The SMILES string of the molecule is CCCC(=O)c1ccn2ccc(-c3cc(C)ccn3)c2c1. The summed E-state index contributed by atoms with van der Waals surface area (Å²) in [6.45, 7) is 4.08. The third-order valence-corrected chi connectivity index (χ3v) is 3.65. The zero-order valence-electron chi connectivity index (χ0n) is 12.3. The summed E-state index contributed by atoms with van der Waals surface area (Å²) < 4.78 is 2.03. The van der Waals surface area contributed by atoms with Crippen LogP contribution in [0, 0.1) is 6.92 Å². The third kappa shape index (κ3) is 2.59. The van der Waals surface area contributed by atoms with Crippen molar-refractivity contribution in [3.63, 3.8) is 0 Å². The summed E-state index contributed by atoms with van der Waals surface area (Å²) in [6.07, 6.45) is 7.23. The first kappa shape index (κ1) is 13.6. The van der Waals surface area contributed by atoms with Crippen molar-refractivity contribution in [3.8, 4) is 11.3 Å². The molecule has 0 radical (unpaired) electrons. The van der Waals surface area contributed by atoms with Crippen molar-refractivity contribution in [1.29, 1.82) is 0 Å². The van der Waals surface area contributed by atoms with Crippen molar-refractivity contribution in [3.05, 3.63) is 60.0 Å². The molecule has 106 valence electrons. The fraction of sp³-hybridized carbons (Fsp3) is 0.222. The van der Waals surface area contributed by atoms with Crippen LogP contribution in [-0.4, -0.2) is 15.2 Å². The summed E-state index contributed by atoms with van der Waals surface area (Å²) in [5.74, 6) is 0.198. The second kappa shape index (κ2) is 5.52. The number of aromatic nitrogens is 2. The van der Waals surface area contributed by atoms with E-state index in [9.17, 15) is 4.79 Å². The molecular formula is C18H18N2O. The van der Waals surface area contributed by atoms with Gasteiger partial charge in [0, 0.05) is 36.1 Å². The predicted octanol–water partition coefficient (Wildman–Crippen LogP) is 4.29. The molecule has 0 saturated heterocycles. The molecule has 21 heavy (non-hydrogen) atoms. The molecule has 3 heterocycles. The first-order valence-electron chi connectivity index (χ1n) is 7.26. The Kier molecular flexibility index (Phi) is 3.57. The number of hydrogen-bond acceptors (Lipinski definition) is 2. The molecule has 0 amide bonds. The van der Waals surface area contributed by atoms with Crippen molar-refractivity contribution in [2.24, 2.45) is 0 Å². The molecule has 3 nitrogen and oxygen atoms in total. The standard InChI is InChI=1S/C18H18N2O/c1-3-4-18(21)14-6-9-20-10-7-15(17(20)12-14)16-11-13(2)5-8-19-16/h5-12H,3-4H2,1-2H3. The van der Waals surface area contributed by atoms with Crippen LogP contribution >= 0.6 is 0 Å². The molecule has 0 aliphatic carbocycles. The quantitative estimate of drug-likeness (QED) is 0.667. The minimum absolute atomic E-state index is 0.198. The number of hydrogen-bond donors (Lipinski definition) is 0. The lowest BCUT2D eigenvalue weighted by molar-refractivity contribution is 0.0982. The monoisotopic (exact) mass is 278 g/mol. The lowest BCUT2D eigenvalue weighted by Crippen LogP contribution is -1.99. The molecule has 3 aromatic rings. The van der Waals surface area contributed by atoms with Gasteiger partial charge in [-0.2, -0.15) is 0 Å². The van der Waals surface area contributed by atoms with Gasteiger partial charge < -0.3 is 4.40 Å². The van der Waals surface area contributed by atoms with Crippen molar-refractivity contribution in [2.75, 3.05) is 0 Å². The molecule has 0 aromatic carbocycles. The minimum Gasteiger partial charge on any atom is -0.323 e. The Morgan fingerprint density at radius 2 is 2.00 bits per heavy atom. The van der Waals surface area contributed by atoms with E-state index in [0.717, 1.165) is 28.8 Å². The van der Waals surface area contributed by atoms with Crippen LogP contribution in [0.25, 0.3) is 16.8 Å². The summed E-state index contributed by atoms with van der Waals surface area (Å²) in [5, 5.41) is 0. The number of nitrogens with zero attached hydrogens (tertiary/aromatic N) is 2. The highest BCUT2D eigenvalue weighted by atomic mass is 16.1. The number of carbonyl (C=O) groups is 1. The fourth-order valence-electron chi connectivity index (χ4n) is 2.54. The lowest BCUT2D eigenvalue weighted by atomic mass is 10.1. The molecule has 3 heteroatoms. The van der Waals surface area contributed by atoms with E-state index >= 15 is 0 Å². The topological polar surface area (TPSA) is 34.4 Å². The van der Waals surface area contributed by atoms with Gasteiger partial charge in [-0.05, 0) is 49.2 Å². The van der Waals surface area contributed by atoms with E-state index in [4.69, 9.17) is 0 Å². The van der Waals surface area contributed by atoms with Crippen LogP contribution in [0.5, 0.6) is 0 Å². The maximum atomic E-state index is 12.1. The summed E-state index contributed by atoms with van der Waals surface area (Å²) >= 11 is 0. The number of carbonyl (C=O) groups excluding carboxylic acids is 1. The molecule has 0 atom stereocenters. The Morgan fingerprint density at radius 3 is 2.76 bits per heavy atom. The van der Waals surface area contributed by atoms with Gasteiger partial charge in [-0.25, -0.2) is 0 Å². The van der Waals surface area contributed by atoms with Crippen molar-refractivity contribution >= 4 is 11.3 Å². The van der Waals surface area contributed by atoms with Gasteiger partial charge in [0.1, 0.15) is 0 Å². The predicted molar refractivity (Wildman–Crippen MR) is 84.6 cm³/mol. The second-order valence-corrected chi connectivity index (χ2v) is 5.33. The number of aryl methyl sites for hydroxylation is 1. The molecule has 0 unspecified atom stereocenters. The van der Waals surface area contributed by atoms with E-state index in [-0.39, 0.29) is 5.78 Å². The zero-order valence-corrected chi connectivity index (χ0v) is 12.3. The Balaban J connectivity index is 2.12. The average Bonchev–Trinajstić information content (AvgIpc) is 2.90. The first-order chi connectivity index (χ1) is 10.2. The van der Waals surface area contributed by atoms with Crippen LogP contribution in [-0.2, 0) is 0 Å². The highest BCUT2D eigenvalue weighted by molar-refractivity contribution is 5.98. The van der Waals surface area contributed by atoms with Gasteiger partial charge in [-0.15, -0.1) is 0 Å². The number of rotatable bonds is 4. The maximum Gasteiger partial charge on any atom is 0.162 e. The van der Waals surface area contributed by atoms with E-state index in [1.807, 2.05) is 54.2 Å². The molecule has 0 aliphatic rings. The van der Waals surface area contributed by atoms with Crippen molar-refractivity contribution in [1.82, 2.24) is 9.38 Å². The van der Waals surface area contributed by atoms with E-state index in [1.54, 1.807) is 0 Å². The van der Waals surface area contributed by atoms with Gasteiger partial charge >= 0.3 is 0 Å². The summed E-state index contributed by atoms with van der Waals surface area (Å²) in [5.41, 5.74) is 4.98. The van der Waals surface area contributed by atoms with Gasteiger partial charge in [0.15, 0.2) is 5.78 Å². The Morgan fingerprint density at radius 1 is 1.19 bits per heavy atom. The van der Waals surface area contributed by atoms with Gasteiger partial charge in [0.2, 0.25) is 0 Å². The van der Waals surface area contributed by atoms with Gasteiger partial charge in [0.05, 0.1) is 11.2 Å². The van der Waals surface area contributed by atoms with Gasteiger partial charge in [0.25, 0.3) is 0 Å². The molecule has 3 aromatic heterocycles. The fourth-order valence-corrected chi connectivity index (χ4v) is 2.54. The molecule has 0 saturated carbocycles. The Bertz CT molecular complexity index is 802. The van der Waals surface area contributed by atoms with Crippen LogP contribution in [0.1, 0.15) is 35.7 Å². The van der Waals surface area contributed by atoms with E-state index < -0.39 is 0 Å². The van der Waals surface area contributed by atoms with E-state index in [1.165, 1.54) is 5.56 Å². The number of Topliss-reactive ketones (excluding diaryl/α,β-unsaturated/α-hetero) is 1. The summed E-state index contributed by atoms with van der Waals surface area (Å²) in [7, 11) is 0. The van der Waals surface area contributed by atoms with Crippen molar-refractivity contribution in [2.45, 2.75) is 26.7 Å². The maximum absolute atomic E-state index is 12.1.